The normalized spacial score (nSPS) is 14.9. The second-order valence-corrected chi connectivity index (χ2v) is 10.1. The number of carbonyl (C=O) groups excluding carboxylic acids is 2. The van der Waals surface area contributed by atoms with Crippen LogP contribution >= 0.6 is 0 Å². The van der Waals surface area contributed by atoms with Crippen molar-refractivity contribution in [3.05, 3.63) is 78.0 Å². The first-order valence-corrected chi connectivity index (χ1v) is 13.6. The minimum Gasteiger partial charge on any atom is -0.338 e. The molecule has 0 bridgehead atoms. The van der Waals surface area contributed by atoms with Crippen LogP contribution in [0.2, 0.25) is 0 Å². The number of likely N-dealkylation sites (N-methyl/N-ethyl adjacent to an activating group) is 1. The smallest absolute Gasteiger partial charge is 0.250 e. The van der Waals surface area contributed by atoms with Crippen LogP contribution in [0, 0.1) is 13.8 Å². The number of anilines is 1. The summed E-state index contributed by atoms with van der Waals surface area (Å²) >= 11 is 0. The van der Waals surface area contributed by atoms with E-state index in [1.807, 2.05) is 72.7 Å². The molecule has 1 aliphatic carbocycles. The van der Waals surface area contributed by atoms with Crippen molar-refractivity contribution in [3.63, 3.8) is 0 Å². The minimum absolute atomic E-state index is 0. The standard InChI is InChI=1S/C30H36N6O2.H2/c1-4-35(23-12-6-5-7-13-23)30(38)29(24-14-9-8-11-21(24)2)36(28(37)20-34-18-17-31-22(34)3)27-16-10-15-26-25(27)19-32-33-26;/h8-11,14-19,23,29H,4-7,12-13,20H2,1-3H3,(H,32,33);1H. The summed E-state index contributed by atoms with van der Waals surface area (Å²) in [5, 5.41) is 8.06. The molecule has 200 valence electrons. The van der Waals surface area contributed by atoms with E-state index >= 15 is 0 Å². The van der Waals surface area contributed by atoms with Gasteiger partial charge in [0.25, 0.3) is 5.91 Å². The number of carbonyl (C=O) groups is 2. The number of aromatic nitrogens is 4. The fourth-order valence-corrected chi connectivity index (χ4v) is 5.79. The van der Waals surface area contributed by atoms with Gasteiger partial charge in [0.1, 0.15) is 18.4 Å². The number of hydrogen-bond acceptors (Lipinski definition) is 4. The fraction of sp³-hybridized carbons (Fsp3) is 0.400. The molecule has 8 nitrogen and oxygen atoms in total. The van der Waals surface area contributed by atoms with E-state index in [-0.39, 0.29) is 25.8 Å². The minimum atomic E-state index is -0.810. The van der Waals surface area contributed by atoms with Crippen molar-refractivity contribution in [1.29, 1.82) is 0 Å². The van der Waals surface area contributed by atoms with Gasteiger partial charge in [-0.25, -0.2) is 4.98 Å². The summed E-state index contributed by atoms with van der Waals surface area (Å²) < 4.78 is 1.82. The molecule has 38 heavy (non-hydrogen) atoms. The zero-order valence-corrected chi connectivity index (χ0v) is 22.4. The van der Waals surface area contributed by atoms with Crippen LogP contribution in [0.15, 0.2) is 61.1 Å². The molecule has 2 aromatic carbocycles. The summed E-state index contributed by atoms with van der Waals surface area (Å²) in [7, 11) is 0. The number of H-pyrrole nitrogens is 1. The highest BCUT2D eigenvalue weighted by Crippen LogP contribution is 2.36. The third-order valence-corrected chi connectivity index (χ3v) is 7.83. The molecule has 1 saturated carbocycles. The summed E-state index contributed by atoms with van der Waals surface area (Å²) in [6.45, 7) is 6.60. The number of nitrogens with zero attached hydrogens (tertiary/aromatic N) is 5. The van der Waals surface area contributed by atoms with Crippen LogP contribution in [0.1, 0.15) is 63.4 Å². The molecule has 0 spiro atoms. The van der Waals surface area contributed by atoms with Gasteiger partial charge in [0.05, 0.1) is 17.4 Å². The zero-order chi connectivity index (χ0) is 26.6. The van der Waals surface area contributed by atoms with Crippen molar-refractivity contribution in [2.75, 3.05) is 11.4 Å². The lowest BCUT2D eigenvalue weighted by Gasteiger charge is -2.40. The Hall–Kier alpha value is -3.94. The molecule has 0 saturated heterocycles. The van der Waals surface area contributed by atoms with Gasteiger partial charge in [-0.05, 0) is 56.9 Å². The monoisotopic (exact) mass is 514 g/mol. The lowest BCUT2D eigenvalue weighted by Crippen LogP contribution is -2.50. The largest absolute Gasteiger partial charge is 0.338 e. The maximum Gasteiger partial charge on any atom is 0.250 e. The Morgan fingerprint density at radius 3 is 2.61 bits per heavy atom. The molecule has 5 rings (SSSR count). The topological polar surface area (TPSA) is 87.1 Å². The highest BCUT2D eigenvalue weighted by atomic mass is 16.2. The molecule has 2 heterocycles. The van der Waals surface area contributed by atoms with Crippen molar-refractivity contribution >= 4 is 28.4 Å². The van der Waals surface area contributed by atoms with E-state index in [1.165, 1.54) is 6.42 Å². The highest BCUT2D eigenvalue weighted by Gasteiger charge is 2.39. The lowest BCUT2D eigenvalue weighted by atomic mass is 9.92. The third-order valence-electron chi connectivity index (χ3n) is 7.83. The Bertz CT molecular complexity index is 1420. The average Bonchev–Trinajstić information content (AvgIpc) is 3.57. The number of imidazole rings is 1. The van der Waals surface area contributed by atoms with Gasteiger partial charge in [-0.2, -0.15) is 5.10 Å². The molecule has 1 fully saturated rings. The van der Waals surface area contributed by atoms with Gasteiger partial charge < -0.3 is 9.47 Å². The van der Waals surface area contributed by atoms with Crippen LogP contribution in [0.5, 0.6) is 0 Å². The molecular weight excluding hydrogens is 476 g/mol. The molecular formula is C30H38N6O2. The highest BCUT2D eigenvalue weighted by molar-refractivity contribution is 6.07. The molecule has 1 atom stereocenters. The SMILES string of the molecule is CCN(C(=O)C(c1ccccc1C)N(C(=O)Cn1ccnc1C)c1cccc2[nH]ncc12)C1CCCCC1.[HH]. The predicted octanol–water partition coefficient (Wildman–Crippen LogP) is 5.58. The molecule has 8 heteroatoms. The molecule has 1 unspecified atom stereocenters. The maximum absolute atomic E-state index is 14.7. The summed E-state index contributed by atoms with van der Waals surface area (Å²) in [6.07, 6.45) is 10.7. The quantitative estimate of drug-likeness (QED) is 0.333. The van der Waals surface area contributed by atoms with Gasteiger partial charge in [0.2, 0.25) is 5.91 Å². The number of aromatic amines is 1. The predicted molar refractivity (Wildman–Crippen MR) is 151 cm³/mol. The molecule has 4 aromatic rings. The number of fused-ring (bicyclic) bond motifs is 1. The Morgan fingerprint density at radius 2 is 1.89 bits per heavy atom. The zero-order valence-electron chi connectivity index (χ0n) is 22.4. The summed E-state index contributed by atoms with van der Waals surface area (Å²) in [5.74, 6) is 0.530. The van der Waals surface area contributed by atoms with Crippen molar-refractivity contribution < 1.29 is 11.0 Å². The first-order chi connectivity index (χ1) is 18.5. The Kier molecular flexibility index (Phi) is 7.58. The van der Waals surface area contributed by atoms with Gasteiger partial charge in [-0.1, -0.05) is 49.6 Å². The summed E-state index contributed by atoms with van der Waals surface area (Å²) in [5.41, 5.74) is 3.29. The van der Waals surface area contributed by atoms with E-state index in [0.29, 0.717) is 12.2 Å². The number of amides is 2. The van der Waals surface area contributed by atoms with E-state index in [1.54, 1.807) is 23.5 Å². The van der Waals surface area contributed by atoms with Crippen LogP contribution in [0.3, 0.4) is 0 Å². The van der Waals surface area contributed by atoms with Crippen molar-refractivity contribution in [3.8, 4) is 0 Å². The number of hydrogen-bond donors (Lipinski definition) is 1. The number of benzene rings is 2. The van der Waals surface area contributed by atoms with Crippen LogP contribution in [-0.2, 0) is 16.1 Å². The molecule has 1 N–H and O–H groups in total. The van der Waals surface area contributed by atoms with Gasteiger partial charge in [-0.15, -0.1) is 0 Å². The van der Waals surface area contributed by atoms with Crippen molar-refractivity contribution in [2.45, 2.75) is 71.5 Å². The fourth-order valence-electron chi connectivity index (χ4n) is 5.79. The van der Waals surface area contributed by atoms with Gasteiger partial charge in [0.15, 0.2) is 0 Å². The number of nitrogens with one attached hydrogen (secondary N) is 1. The van der Waals surface area contributed by atoms with Crippen LogP contribution in [0.25, 0.3) is 10.9 Å². The van der Waals surface area contributed by atoms with E-state index in [4.69, 9.17) is 0 Å². The summed E-state index contributed by atoms with van der Waals surface area (Å²) in [4.78, 5) is 37.0. The van der Waals surface area contributed by atoms with Gasteiger partial charge >= 0.3 is 0 Å². The van der Waals surface area contributed by atoms with Crippen LogP contribution < -0.4 is 4.90 Å². The van der Waals surface area contributed by atoms with Gasteiger partial charge in [0, 0.05) is 31.8 Å². The average molecular weight is 515 g/mol. The van der Waals surface area contributed by atoms with E-state index < -0.39 is 6.04 Å². The number of aryl methyl sites for hydroxylation is 2. The second kappa shape index (κ2) is 11.2. The van der Waals surface area contributed by atoms with Crippen molar-refractivity contribution in [1.82, 2.24) is 24.6 Å². The molecule has 2 aromatic heterocycles. The lowest BCUT2D eigenvalue weighted by molar-refractivity contribution is -0.137. The maximum atomic E-state index is 14.7. The third kappa shape index (κ3) is 4.95. The Labute approximate surface area is 225 Å². The molecule has 2 amide bonds. The van der Waals surface area contributed by atoms with Gasteiger partial charge in [-0.3, -0.25) is 19.6 Å². The molecule has 1 aliphatic rings. The first kappa shape index (κ1) is 25.7. The molecule has 0 aliphatic heterocycles. The Morgan fingerprint density at radius 1 is 1.11 bits per heavy atom. The van der Waals surface area contributed by atoms with Crippen LogP contribution in [0.4, 0.5) is 5.69 Å². The van der Waals surface area contributed by atoms with Crippen LogP contribution in [-0.4, -0.2) is 49.0 Å². The molecule has 0 radical (unpaired) electrons. The summed E-state index contributed by atoms with van der Waals surface area (Å²) in [6, 6.07) is 13.0. The van der Waals surface area contributed by atoms with E-state index in [2.05, 4.69) is 15.2 Å². The first-order valence-electron chi connectivity index (χ1n) is 13.6. The van der Waals surface area contributed by atoms with E-state index in [0.717, 1.165) is 53.5 Å². The number of rotatable bonds is 8. The second-order valence-electron chi connectivity index (χ2n) is 10.1. The Balaban J connectivity index is 0.00000353. The van der Waals surface area contributed by atoms with Crippen molar-refractivity contribution in [2.24, 2.45) is 0 Å². The van der Waals surface area contributed by atoms with E-state index in [9.17, 15) is 9.59 Å².